The Morgan fingerprint density at radius 3 is 2.62 bits per heavy atom. The first-order valence-corrected chi connectivity index (χ1v) is 5.05. The Morgan fingerprint density at radius 1 is 1.46 bits per heavy atom. The zero-order chi connectivity index (χ0) is 9.68. The van der Waals surface area contributed by atoms with Crippen LogP contribution in [0.3, 0.4) is 0 Å². The summed E-state index contributed by atoms with van der Waals surface area (Å²) in [7, 11) is 0. The maximum atomic E-state index is 10.4. The van der Waals surface area contributed by atoms with Crippen LogP contribution in [0, 0.1) is 0 Å². The van der Waals surface area contributed by atoms with Crippen molar-refractivity contribution in [2.75, 3.05) is 0 Å². The lowest BCUT2D eigenvalue weighted by Gasteiger charge is -2.24. The van der Waals surface area contributed by atoms with E-state index in [0.29, 0.717) is 6.10 Å². The third-order valence-corrected chi connectivity index (χ3v) is 2.44. The van der Waals surface area contributed by atoms with Gasteiger partial charge in [-0.25, -0.2) is 0 Å². The topological polar surface area (TPSA) is 46.5 Å². The van der Waals surface area contributed by atoms with Gasteiger partial charge in [0.15, 0.2) is 0 Å². The first-order chi connectivity index (χ1) is 6.18. The van der Waals surface area contributed by atoms with E-state index in [9.17, 15) is 4.79 Å². The van der Waals surface area contributed by atoms with Gasteiger partial charge >= 0.3 is 5.97 Å². The summed E-state index contributed by atoms with van der Waals surface area (Å²) in [5, 5.41) is 8.53. The fourth-order valence-corrected chi connectivity index (χ4v) is 1.82. The summed E-state index contributed by atoms with van der Waals surface area (Å²) in [6, 6.07) is 0. The second-order valence-corrected chi connectivity index (χ2v) is 3.80. The maximum absolute atomic E-state index is 10.4. The van der Waals surface area contributed by atoms with Crippen molar-refractivity contribution in [1.29, 1.82) is 0 Å². The molecule has 0 heterocycles. The second kappa shape index (κ2) is 5.22. The number of hydrogen-bond donors (Lipinski definition) is 1. The van der Waals surface area contributed by atoms with E-state index in [1.54, 1.807) is 0 Å². The lowest BCUT2D eigenvalue weighted by molar-refractivity contribution is -0.141. The number of carboxylic acids is 1. The van der Waals surface area contributed by atoms with Crippen LogP contribution in [0.5, 0.6) is 0 Å². The minimum absolute atomic E-state index is 0.122. The molecule has 1 aliphatic carbocycles. The molecular weight excluding hydrogens is 168 g/mol. The predicted molar refractivity (Wildman–Crippen MR) is 49.7 cm³/mol. The molecule has 1 aliphatic rings. The highest BCUT2D eigenvalue weighted by molar-refractivity contribution is 5.67. The van der Waals surface area contributed by atoms with Crippen LogP contribution in [0.15, 0.2) is 0 Å². The minimum atomic E-state index is -0.775. The fourth-order valence-electron chi connectivity index (χ4n) is 1.82. The first kappa shape index (κ1) is 10.5. The van der Waals surface area contributed by atoms with E-state index in [4.69, 9.17) is 9.84 Å². The summed E-state index contributed by atoms with van der Waals surface area (Å²) in [6.07, 6.45) is 6.25. The summed E-state index contributed by atoms with van der Waals surface area (Å²) in [4.78, 5) is 10.4. The summed E-state index contributed by atoms with van der Waals surface area (Å²) < 4.78 is 5.62. The number of ether oxygens (including phenoxy) is 1. The molecule has 76 valence electrons. The van der Waals surface area contributed by atoms with Gasteiger partial charge in [0, 0.05) is 0 Å². The molecule has 0 unspecified atom stereocenters. The SMILES string of the molecule is C[C@H](CC(=O)O)OC1CCCCC1. The third-order valence-electron chi connectivity index (χ3n) is 2.44. The van der Waals surface area contributed by atoms with Gasteiger partial charge in [-0.2, -0.15) is 0 Å². The predicted octanol–water partition coefficient (Wildman–Crippen LogP) is 2.20. The summed E-state index contributed by atoms with van der Waals surface area (Å²) >= 11 is 0. The monoisotopic (exact) mass is 186 g/mol. The van der Waals surface area contributed by atoms with E-state index < -0.39 is 5.97 Å². The van der Waals surface area contributed by atoms with Gasteiger partial charge in [-0.3, -0.25) is 4.79 Å². The molecule has 0 aromatic rings. The minimum Gasteiger partial charge on any atom is -0.481 e. The molecule has 0 bridgehead atoms. The number of carbonyl (C=O) groups is 1. The van der Waals surface area contributed by atoms with Crippen molar-refractivity contribution < 1.29 is 14.6 Å². The molecule has 3 nitrogen and oxygen atoms in total. The molecule has 3 heteroatoms. The molecule has 1 atom stereocenters. The molecule has 0 aromatic heterocycles. The van der Waals surface area contributed by atoms with Crippen LogP contribution >= 0.6 is 0 Å². The molecule has 1 fully saturated rings. The maximum Gasteiger partial charge on any atom is 0.305 e. The Balaban J connectivity index is 2.18. The van der Waals surface area contributed by atoms with Crippen LogP contribution in [-0.4, -0.2) is 23.3 Å². The van der Waals surface area contributed by atoms with Crippen LogP contribution in [0.4, 0.5) is 0 Å². The Kier molecular flexibility index (Phi) is 4.22. The molecule has 0 saturated heterocycles. The van der Waals surface area contributed by atoms with E-state index in [2.05, 4.69) is 0 Å². The molecule has 0 aromatic carbocycles. The number of aliphatic carboxylic acids is 1. The third kappa shape index (κ3) is 4.27. The molecule has 1 rings (SSSR count). The van der Waals surface area contributed by atoms with Crippen molar-refractivity contribution in [3.05, 3.63) is 0 Å². The van der Waals surface area contributed by atoms with E-state index in [1.165, 1.54) is 19.3 Å². The second-order valence-electron chi connectivity index (χ2n) is 3.80. The number of rotatable bonds is 4. The van der Waals surface area contributed by atoms with Gasteiger partial charge in [0.05, 0.1) is 18.6 Å². The summed E-state index contributed by atoms with van der Waals surface area (Å²) in [5.41, 5.74) is 0. The molecule has 1 saturated carbocycles. The van der Waals surface area contributed by atoms with Gasteiger partial charge in [0.1, 0.15) is 0 Å². The summed E-state index contributed by atoms with van der Waals surface area (Å²) in [5.74, 6) is -0.775. The van der Waals surface area contributed by atoms with Crippen LogP contribution in [0.1, 0.15) is 45.4 Å². The van der Waals surface area contributed by atoms with E-state index in [0.717, 1.165) is 12.8 Å². The van der Waals surface area contributed by atoms with Crippen LogP contribution < -0.4 is 0 Å². The molecular formula is C10H18O3. The molecule has 0 radical (unpaired) electrons. The number of carboxylic acid groups (broad SMARTS) is 1. The van der Waals surface area contributed by atoms with Crippen molar-refractivity contribution >= 4 is 5.97 Å². The highest BCUT2D eigenvalue weighted by Gasteiger charge is 2.17. The molecule has 0 aliphatic heterocycles. The zero-order valence-corrected chi connectivity index (χ0v) is 8.16. The Hall–Kier alpha value is -0.570. The normalized spacial score (nSPS) is 21.3. The van der Waals surface area contributed by atoms with E-state index in [1.807, 2.05) is 6.92 Å². The van der Waals surface area contributed by atoms with Gasteiger partial charge in [-0.1, -0.05) is 19.3 Å². The van der Waals surface area contributed by atoms with Crippen molar-refractivity contribution in [2.45, 2.75) is 57.7 Å². The fraction of sp³-hybridized carbons (Fsp3) is 0.900. The van der Waals surface area contributed by atoms with Gasteiger partial charge in [-0.15, -0.1) is 0 Å². The van der Waals surface area contributed by atoms with Gasteiger partial charge in [-0.05, 0) is 19.8 Å². The van der Waals surface area contributed by atoms with Gasteiger partial charge < -0.3 is 9.84 Å². The average Bonchev–Trinajstić information content (AvgIpc) is 2.04. The Morgan fingerprint density at radius 2 is 2.08 bits per heavy atom. The zero-order valence-electron chi connectivity index (χ0n) is 8.16. The van der Waals surface area contributed by atoms with Crippen molar-refractivity contribution in [3.63, 3.8) is 0 Å². The standard InChI is InChI=1S/C10H18O3/c1-8(7-10(11)12)13-9-5-3-2-4-6-9/h8-9H,2-7H2,1H3,(H,11,12)/t8-/m1/s1. The first-order valence-electron chi connectivity index (χ1n) is 5.05. The van der Waals surface area contributed by atoms with E-state index in [-0.39, 0.29) is 12.5 Å². The molecule has 0 amide bonds. The molecule has 13 heavy (non-hydrogen) atoms. The summed E-state index contributed by atoms with van der Waals surface area (Å²) in [6.45, 7) is 1.84. The van der Waals surface area contributed by atoms with Crippen molar-refractivity contribution in [2.24, 2.45) is 0 Å². The van der Waals surface area contributed by atoms with Crippen molar-refractivity contribution in [1.82, 2.24) is 0 Å². The lowest BCUT2D eigenvalue weighted by Crippen LogP contribution is -2.24. The Bertz CT molecular complexity index is 162. The molecule has 1 N–H and O–H groups in total. The quantitative estimate of drug-likeness (QED) is 0.732. The number of hydrogen-bond acceptors (Lipinski definition) is 2. The van der Waals surface area contributed by atoms with E-state index >= 15 is 0 Å². The van der Waals surface area contributed by atoms with Crippen molar-refractivity contribution in [3.8, 4) is 0 Å². The lowest BCUT2D eigenvalue weighted by atomic mass is 9.97. The highest BCUT2D eigenvalue weighted by Crippen LogP contribution is 2.21. The average molecular weight is 186 g/mol. The molecule has 0 spiro atoms. The van der Waals surface area contributed by atoms with Gasteiger partial charge in [0.25, 0.3) is 0 Å². The largest absolute Gasteiger partial charge is 0.481 e. The van der Waals surface area contributed by atoms with Crippen LogP contribution in [0.25, 0.3) is 0 Å². The van der Waals surface area contributed by atoms with Crippen LogP contribution in [-0.2, 0) is 9.53 Å². The van der Waals surface area contributed by atoms with Gasteiger partial charge in [0.2, 0.25) is 0 Å². The highest BCUT2D eigenvalue weighted by atomic mass is 16.5. The Labute approximate surface area is 79.1 Å². The van der Waals surface area contributed by atoms with Crippen LogP contribution in [0.2, 0.25) is 0 Å². The smallest absolute Gasteiger partial charge is 0.305 e.